The highest BCUT2D eigenvalue weighted by Crippen LogP contribution is 2.13. The highest BCUT2D eigenvalue weighted by Gasteiger charge is 2.16. The van der Waals surface area contributed by atoms with Crippen LogP contribution in [0.3, 0.4) is 0 Å². The van der Waals surface area contributed by atoms with E-state index < -0.39 is 0 Å². The van der Waals surface area contributed by atoms with E-state index in [2.05, 4.69) is 10.3 Å². The van der Waals surface area contributed by atoms with Gasteiger partial charge in [-0.1, -0.05) is 0 Å². The summed E-state index contributed by atoms with van der Waals surface area (Å²) in [5, 5.41) is 2.91. The molecule has 2 rings (SSSR count). The van der Waals surface area contributed by atoms with Crippen LogP contribution in [0.4, 0.5) is 0 Å². The fraction of sp³-hybridized carbons (Fsp3) is 0.636. The van der Waals surface area contributed by atoms with Crippen LogP contribution in [0.15, 0.2) is 5.51 Å². The third kappa shape index (κ3) is 3.02. The summed E-state index contributed by atoms with van der Waals surface area (Å²) in [4.78, 5) is 16.8. The normalized spacial score (nSPS) is 19.9. The van der Waals surface area contributed by atoms with E-state index in [1.807, 2.05) is 6.92 Å². The number of carbonyl (C=O) groups is 1. The highest BCUT2D eigenvalue weighted by atomic mass is 32.1. The van der Waals surface area contributed by atoms with Crippen molar-refractivity contribution in [3.63, 3.8) is 0 Å². The standard InChI is InChI=1S/C11H16N2O2S/c1-8-10(16-7-13-8)5-11(14)12-6-9-3-2-4-15-9/h7,9H,2-6H2,1H3,(H,12,14). The van der Waals surface area contributed by atoms with Gasteiger partial charge >= 0.3 is 0 Å². The van der Waals surface area contributed by atoms with E-state index in [1.165, 1.54) is 11.3 Å². The lowest BCUT2D eigenvalue weighted by Gasteiger charge is -2.10. The first-order valence-corrected chi connectivity index (χ1v) is 6.41. The van der Waals surface area contributed by atoms with Gasteiger partial charge in [-0.3, -0.25) is 4.79 Å². The summed E-state index contributed by atoms with van der Waals surface area (Å²) in [5.41, 5.74) is 2.73. The summed E-state index contributed by atoms with van der Waals surface area (Å²) < 4.78 is 5.44. The van der Waals surface area contributed by atoms with E-state index in [4.69, 9.17) is 4.74 Å². The maximum absolute atomic E-state index is 11.6. The van der Waals surface area contributed by atoms with Crippen molar-refractivity contribution in [3.05, 3.63) is 16.1 Å². The van der Waals surface area contributed by atoms with Gasteiger partial charge in [0, 0.05) is 18.0 Å². The van der Waals surface area contributed by atoms with Gasteiger partial charge in [-0.15, -0.1) is 11.3 Å². The summed E-state index contributed by atoms with van der Waals surface area (Å²) in [6.45, 7) is 3.39. The molecule has 1 fully saturated rings. The molecule has 1 aliphatic rings. The zero-order chi connectivity index (χ0) is 11.4. The topological polar surface area (TPSA) is 51.2 Å². The number of rotatable bonds is 4. The average Bonchev–Trinajstić information content (AvgIpc) is 2.88. The van der Waals surface area contributed by atoms with E-state index in [0.717, 1.165) is 30.0 Å². The Balaban J connectivity index is 1.74. The van der Waals surface area contributed by atoms with Gasteiger partial charge in [0.25, 0.3) is 0 Å². The third-order valence-corrected chi connectivity index (χ3v) is 3.65. The Labute approximate surface area is 99.0 Å². The Morgan fingerprint density at radius 2 is 2.62 bits per heavy atom. The van der Waals surface area contributed by atoms with Crippen LogP contribution in [0.5, 0.6) is 0 Å². The number of hydrogen-bond donors (Lipinski definition) is 1. The first-order chi connectivity index (χ1) is 7.75. The molecule has 1 atom stereocenters. The second kappa shape index (κ2) is 5.41. The van der Waals surface area contributed by atoms with Crippen LogP contribution >= 0.6 is 11.3 Å². The number of nitrogens with zero attached hydrogens (tertiary/aromatic N) is 1. The molecule has 1 N–H and O–H groups in total. The van der Waals surface area contributed by atoms with Gasteiger partial charge in [-0.2, -0.15) is 0 Å². The van der Waals surface area contributed by atoms with Crippen LogP contribution in [0.2, 0.25) is 0 Å². The molecule has 1 aromatic heterocycles. The largest absolute Gasteiger partial charge is 0.376 e. The van der Waals surface area contributed by atoms with Crippen LogP contribution in [0.1, 0.15) is 23.4 Å². The van der Waals surface area contributed by atoms with Crippen molar-refractivity contribution in [2.24, 2.45) is 0 Å². The molecule has 0 aliphatic carbocycles. The number of aromatic nitrogens is 1. The molecule has 1 saturated heterocycles. The minimum Gasteiger partial charge on any atom is -0.376 e. The fourth-order valence-electron chi connectivity index (χ4n) is 1.74. The molecular weight excluding hydrogens is 224 g/mol. The Morgan fingerprint density at radius 1 is 1.75 bits per heavy atom. The Kier molecular flexibility index (Phi) is 3.90. The van der Waals surface area contributed by atoms with Crippen molar-refractivity contribution >= 4 is 17.2 Å². The van der Waals surface area contributed by atoms with Crippen LogP contribution < -0.4 is 5.32 Å². The van der Waals surface area contributed by atoms with Gasteiger partial charge < -0.3 is 10.1 Å². The van der Waals surface area contributed by atoms with E-state index in [0.29, 0.717) is 13.0 Å². The second-order valence-corrected chi connectivity index (χ2v) is 4.92. The SMILES string of the molecule is Cc1ncsc1CC(=O)NCC1CCCO1. The van der Waals surface area contributed by atoms with Crippen molar-refractivity contribution in [3.8, 4) is 0 Å². The molecule has 0 aromatic carbocycles. The fourth-order valence-corrected chi connectivity index (χ4v) is 2.51. The Hall–Kier alpha value is -0.940. The van der Waals surface area contributed by atoms with E-state index in [9.17, 15) is 4.79 Å². The van der Waals surface area contributed by atoms with E-state index in [1.54, 1.807) is 5.51 Å². The maximum Gasteiger partial charge on any atom is 0.225 e. The summed E-state index contributed by atoms with van der Waals surface area (Å²) in [6.07, 6.45) is 2.81. The Morgan fingerprint density at radius 3 is 3.25 bits per heavy atom. The number of carbonyl (C=O) groups excluding carboxylic acids is 1. The molecule has 1 aliphatic heterocycles. The quantitative estimate of drug-likeness (QED) is 0.862. The number of nitrogens with one attached hydrogen (secondary N) is 1. The molecule has 0 radical (unpaired) electrons. The molecule has 1 aromatic rings. The van der Waals surface area contributed by atoms with E-state index >= 15 is 0 Å². The molecule has 4 nitrogen and oxygen atoms in total. The molecule has 0 spiro atoms. The number of thiazole rings is 1. The molecular formula is C11H16N2O2S. The molecule has 5 heteroatoms. The van der Waals surface area contributed by atoms with Crippen molar-refractivity contribution in [2.75, 3.05) is 13.2 Å². The maximum atomic E-state index is 11.6. The molecule has 2 heterocycles. The van der Waals surface area contributed by atoms with Gasteiger partial charge in [0.15, 0.2) is 0 Å². The summed E-state index contributed by atoms with van der Waals surface area (Å²) in [6, 6.07) is 0. The lowest BCUT2D eigenvalue weighted by molar-refractivity contribution is -0.120. The molecule has 0 bridgehead atoms. The minimum absolute atomic E-state index is 0.0582. The van der Waals surface area contributed by atoms with Gasteiger partial charge in [0.1, 0.15) is 0 Å². The third-order valence-electron chi connectivity index (χ3n) is 2.72. The summed E-state index contributed by atoms with van der Waals surface area (Å²) >= 11 is 1.53. The average molecular weight is 240 g/mol. The predicted molar refractivity (Wildman–Crippen MR) is 62.5 cm³/mol. The lowest BCUT2D eigenvalue weighted by atomic mass is 10.2. The second-order valence-electron chi connectivity index (χ2n) is 3.98. The van der Waals surface area contributed by atoms with Crippen molar-refractivity contribution in [1.29, 1.82) is 0 Å². The first-order valence-electron chi connectivity index (χ1n) is 5.53. The van der Waals surface area contributed by atoms with Crippen LogP contribution in [0, 0.1) is 6.92 Å². The number of amides is 1. The monoisotopic (exact) mass is 240 g/mol. The zero-order valence-electron chi connectivity index (χ0n) is 9.36. The first kappa shape index (κ1) is 11.5. The smallest absolute Gasteiger partial charge is 0.225 e. The van der Waals surface area contributed by atoms with Crippen LogP contribution in [-0.4, -0.2) is 30.1 Å². The van der Waals surface area contributed by atoms with Gasteiger partial charge in [-0.25, -0.2) is 4.98 Å². The van der Waals surface area contributed by atoms with E-state index in [-0.39, 0.29) is 12.0 Å². The molecule has 88 valence electrons. The molecule has 1 amide bonds. The van der Waals surface area contributed by atoms with Crippen molar-refractivity contribution in [2.45, 2.75) is 32.3 Å². The predicted octanol–water partition coefficient (Wildman–Crippen LogP) is 1.29. The zero-order valence-corrected chi connectivity index (χ0v) is 10.2. The summed E-state index contributed by atoms with van der Waals surface area (Å²) in [5.74, 6) is 0.0582. The Bertz CT molecular complexity index is 359. The number of hydrogen-bond acceptors (Lipinski definition) is 4. The van der Waals surface area contributed by atoms with Crippen molar-refractivity contribution in [1.82, 2.24) is 10.3 Å². The molecule has 16 heavy (non-hydrogen) atoms. The molecule has 1 unspecified atom stereocenters. The van der Waals surface area contributed by atoms with Gasteiger partial charge in [0.2, 0.25) is 5.91 Å². The van der Waals surface area contributed by atoms with Crippen molar-refractivity contribution < 1.29 is 9.53 Å². The molecule has 0 saturated carbocycles. The lowest BCUT2D eigenvalue weighted by Crippen LogP contribution is -2.32. The van der Waals surface area contributed by atoms with Crippen LogP contribution in [0.25, 0.3) is 0 Å². The number of aryl methyl sites for hydroxylation is 1. The minimum atomic E-state index is 0.0582. The number of ether oxygens (including phenoxy) is 1. The highest BCUT2D eigenvalue weighted by molar-refractivity contribution is 7.09. The van der Waals surface area contributed by atoms with Crippen LogP contribution in [-0.2, 0) is 16.0 Å². The summed E-state index contributed by atoms with van der Waals surface area (Å²) in [7, 11) is 0. The van der Waals surface area contributed by atoms with Gasteiger partial charge in [0.05, 0.1) is 23.7 Å². The van der Waals surface area contributed by atoms with Gasteiger partial charge in [-0.05, 0) is 19.8 Å².